The van der Waals surface area contributed by atoms with Gasteiger partial charge in [-0.1, -0.05) is 18.2 Å². The summed E-state index contributed by atoms with van der Waals surface area (Å²) >= 11 is 0. The number of hydrogen-bond donors (Lipinski definition) is 2. The van der Waals surface area contributed by atoms with Gasteiger partial charge in [-0.2, -0.15) is 0 Å². The number of nitrogens with two attached hydrogens (primary N) is 1. The molecule has 0 fully saturated rings. The molecule has 88 valence electrons. The van der Waals surface area contributed by atoms with Crippen LogP contribution >= 0.6 is 0 Å². The Kier molecular flexibility index (Phi) is 5.36. The van der Waals surface area contributed by atoms with Gasteiger partial charge in [-0.3, -0.25) is 4.79 Å². The first-order valence-corrected chi connectivity index (χ1v) is 5.43. The molecule has 0 amide bonds. The summed E-state index contributed by atoms with van der Waals surface area (Å²) in [6.45, 7) is 3.51. The number of para-hydroxylation sites is 1. The molecule has 0 atom stereocenters. The quantitative estimate of drug-likeness (QED) is 0.433. The molecule has 4 nitrogen and oxygen atoms in total. The van der Waals surface area contributed by atoms with Gasteiger partial charge in [0.1, 0.15) is 0 Å². The summed E-state index contributed by atoms with van der Waals surface area (Å²) < 4.78 is 4.81. The van der Waals surface area contributed by atoms with Gasteiger partial charge >= 0.3 is 5.97 Å². The Bertz CT molecular complexity index is 340. The highest BCUT2D eigenvalue weighted by atomic mass is 16.5. The molecular formula is C12H18N2O2. The van der Waals surface area contributed by atoms with Crippen molar-refractivity contribution in [2.75, 3.05) is 18.9 Å². The van der Waals surface area contributed by atoms with Crippen molar-refractivity contribution in [3.63, 3.8) is 0 Å². The van der Waals surface area contributed by atoms with E-state index in [0.717, 1.165) is 11.3 Å². The summed E-state index contributed by atoms with van der Waals surface area (Å²) in [4.78, 5) is 11.0. The zero-order chi connectivity index (χ0) is 11.8. The van der Waals surface area contributed by atoms with E-state index in [4.69, 9.17) is 10.5 Å². The SMILES string of the molecule is CCOC(=O)CCNCc1ccccc1N. The molecule has 0 aliphatic heterocycles. The predicted octanol–water partition coefficient (Wildman–Crippen LogP) is 1.31. The molecule has 0 aromatic heterocycles. The number of carbonyl (C=O) groups excluding carboxylic acids is 1. The molecule has 1 aromatic carbocycles. The Morgan fingerprint density at radius 1 is 1.44 bits per heavy atom. The molecule has 0 unspecified atom stereocenters. The van der Waals surface area contributed by atoms with E-state index in [1.54, 1.807) is 6.92 Å². The molecule has 0 spiro atoms. The lowest BCUT2D eigenvalue weighted by Gasteiger charge is -2.07. The number of anilines is 1. The first-order valence-electron chi connectivity index (χ1n) is 5.43. The Balaban J connectivity index is 2.21. The molecule has 1 aromatic rings. The second-order valence-electron chi connectivity index (χ2n) is 3.43. The van der Waals surface area contributed by atoms with Gasteiger partial charge in [-0.15, -0.1) is 0 Å². The Labute approximate surface area is 95.8 Å². The number of benzene rings is 1. The van der Waals surface area contributed by atoms with Crippen molar-refractivity contribution in [1.29, 1.82) is 0 Å². The predicted molar refractivity (Wildman–Crippen MR) is 63.8 cm³/mol. The summed E-state index contributed by atoms with van der Waals surface area (Å²) in [5, 5.41) is 3.15. The van der Waals surface area contributed by atoms with Crippen LogP contribution in [-0.4, -0.2) is 19.1 Å². The van der Waals surface area contributed by atoms with Crippen LogP contribution in [0.15, 0.2) is 24.3 Å². The van der Waals surface area contributed by atoms with E-state index in [9.17, 15) is 4.79 Å². The maximum atomic E-state index is 11.0. The van der Waals surface area contributed by atoms with Gasteiger partial charge in [0, 0.05) is 18.8 Å². The van der Waals surface area contributed by atoms with Crippen molar-refractivity contribution in [2.24, 2.45) is 0 Å². The molecule has 0 bridgehead atoms. The molecule has 0 saturated carbocycles. The standard InChI is InChI=1S/C12H18N2O2/c1-2-16-12(15)7-8-14-9-10-5-3-4-6-11(10)13/h3-6,14H,2,7-9,13H2,1H3. The molecule has 3 N–H and O–H groups in total. The lowest BCUT2D eigenvalue weighted by atomic mass is 10.2. The maximum Gasteiger partial charge on any atom is 0.307 e. The van der Waals surface area contributed by atoms with Crippen LogP contribution in [0.5, 0.6) is 0 Å². The van der Waals surface area contributed by atoms with Gasteiger partial charge in [-0.25, -0.2) is 0 Å². The Hall–Kier alpha value is -1.55. The largest absolute Gasteiger partial charge is 0.466 e. The third kappa shape index (κ3) is 4.31. The lowest BCUT2D eigenvalue weighted by Crippen LogP contribution is -2.19. The van der Waals surface area contributed by atoms with E-state index in [-0.39, 0.29) is 5.97 Å². The molecule has 16 heavy (non-hydrogen) atoms. The van der Waals surface area contributed by atoms with Crippen molar-refractivity contribution in [1.82, 2.24) is 5.32 Å². The van der Waals surface area contributed by atoms with Crippen LogP contribution in [0.2, 0.25) is 0 Å². The van der Waals surface area contributed by atoms with Gasteiger partial charge in [0.2, 0.25) is 0 Å². The smallest absolute Gasteiger partial charge is 0.307 e. The van der Waals surface area contributed by atoms with Crippen molar-refractivity contribution in [3.05, 3.63) is 29.8 Å². The van der Waals surface area contributed by atoms with E-state index < -0.39 is 0 Å². The third-order valence-corrected chi connectivity index (χ3v) is 2.18. The highest BCUT2D eigenvalue weighted by molar-refractivity contribution is 5.69. The summed E-state index contributed by atoms with van der Waals surface area (Å²) in [6.07, 6.45) is 0.389. The molecule has 1 rings (SSSR count). The summed E-state index contributed by atoms with van der Waals surface area (Å²) in [7, 11) is 0. The van der Waals surface area contributed by atoms with Crippen LogP contribution in [0.25, 0.3) is 0 Å². The minimum Gasteiger partial charge on any atom is -0.466 e. The fourth-order valence-corrected chi connectivity index (χ4v) is 1.34. The molecule has 0 aliphatic carbocycles. The minimum absolute atomic E-state index is 0.170. The number of carbonyl (C=O) groups is 1. The zero-order valence-electron chi connectivity index (χ0n) is 9.53. The average Bonchev–Trinajstić information content (AvgIpc) is 2.27. The number of esters is 1. The van der Waals surface area contributed by atoms with Crippen LogP contribution in [0.4, 0.5) is 5.69 Å². The number of rotatable bonds is 6. The molecule has 0 saturated heterocycles. The molecule has 0 aliphatic rings. The van der Waals surface area contributed by atoms with E-state index in [2.05, 4.69) is 5.32 Å². The van der Waals surface area contributed by atoms with E-state index >= 15 is 0 Å². The lowest BCUT2D eigenvalue weighted by molar-refractivity contribution is -0.142. The summed E-state index contributed by atoms with van der Waals surface area (Å²) in [5.41, 5.74) is 7.60. The van der Waals surface area contributed by atoms with E-state index in [1.165, 1.54) is 0 Å². The van der Waals surface area contributed by atoms with Gasteiger partial charge in [0.15, 0.2) is 0 Å². The zero-order valence-corrected chi connectivity index (χ0v) is 9.53. The van der Waals surface area contributed by atoms with Crippen LogP contribution in [0.1, 0.15) is 18.9 Å². The van der Waals surface area contributed by atoms with Crippen LogP contribution < -0.4 is 11.1 Å². The fraction of sp³-hybridized carbons (Fsp3) is 0.417. The van der Waals surface area contributed by atoms with E-state index in [1.807, 2.05) is 24.3 Å². The topological polar surface area (TPSA) is 64.3 Å². The van der Waals surface area contributed by atoms with Crippen molar-refractivity contribution in [2.45, 2.75) is 19.9 Å². The number of hydrogen-bond acceptors (Lipinski definition) is 4. The van der Waals surface area contributed by atoms with Crippen LogP contribution in [-0.2, 0) is 16.1 Å². The number of nitrogen functional groups attached to an aromatic ring is 1. The summed E-state index contributed by atoms with van der Waals surface area (Å²) in [5.74, 6) is -0.170. The minimum atomic E-state index is -0.170. The molecule has 0 radical (unpaired) electrons. The monoisotopic (exact) mass is 222 g/mol. The highest BCUT2D eigenvalue weighted by Gasteiger charge is 2.01. The highest BCUT2D eigenvalue weighted by Crippen LogP contribution is 2.09. The summed E-state index contributed by atoms with van der Waals surface area (Å²) in [6, 6.07) is 7.67. The van der Waals surface area contributed by atoms with Gasteiger partial charge in [0.25, 0.3) is 0 Å². The second kappa shape index (κ2) is 6.85. The number of ether oxygens (including phenoxy) is 1. The average molecular weight is 222 g/mol. The Morgan fingerprint density at radius 3 is 2.88 bits per heavy atom. The first kappa shape index (κ1) is 12.5. The van der Waals surface area contributed by atoms with Crippen molar-refractivity contribution >= 4 is 11.7 Å². The molecular weight excluding hydrogens is 204 g/mol. The van der Waals surface area contributed by atoms with Gasteiger partial charge in [-0.05, 0) is 18.6 Å². The maximum absolute atomic E-state index is 11.0. The number of nitrogens with one attached hydrogen (secondary N) is 1. The van der Waals surface area contributed by atoms with Gasteiger partial charge < -0.3 is 15.8 Å². The molecule has 0 heterocycles. The second-order valence-corrected chi connectivity index (χ2v) is 3.43. The van der Waals surface area contributed by atoms with Gasteiger partial charge in [0.05, 0.1) is 13.0 Å². The molecule has 4 heteroatoms. The fourth-order valence-electron chi connectivity index (χ4n) is 1.34. The van der Waals surface area contributed by atoms with Crippen LogP contribution in [0.3, 0.4) is 0 Å². The Morgan fingerprint density at radius 2 is 2.19 bits per heavy atom. The first-order chi connectivity index (χ1) is 7.74. The normalized spacial score (nSPS) is 10.1. The van der Waals surface area contributed by atoms with E-state index in [0.29, 0.717) is 26.1 Å². The van der Waals surface area contributed by atoms with Crippen LogP contribution in [0, 0.1) is 0 Å². The van der Waals surface area contributed by atoms with Crippen molar-refractivity contribution < 1.29 is 9.53 Å². The third-order valence-electron chi connectivity index (χ3n) is 2.18. The van der Waals surface area contributed by atoms with Crippen molar-refractivity contribution in [3.8, 4) is 0 Å².